The lowest BCUT2D eigenvalue weighted by molar-refractivity contribution is -0.171. The lowest BCUT2D eigenvalue weighted by Crippen LogP contribution is -2.50. The minimum Gasteiger partial charge on any atom is -0.480 e. The maximum absolute atomic E-state index is 15.3. The molecule has 786 valence electrons. The molecule has 6 N–H and O–H groups in total. The Bertz CT molecular complexity index is 2470. The number of hydrogen-bond acceptors (Lipinski definition) is 18. The molecule has 24 nitrogen and oxygen atoms in total. The van der Waals surface area contributed by atoms with Crippen LogP contribution in [0.25, 0.3) is 0 Å². The Balaban J connectivity index is 7.93. The fourth-order valence-corrected chi connectivity index (χ4v) is 18.4. The smallest absolute Gasteiger partial charge is 0.407 e. The summed E-state index contributed by atoms with van der Waals surface area (Å²) < 4.78 is 31.8. The number of esters is 4. The first-order chi connectivity index (χ1) is 65.1. The summed E-state index contributed by atoms with van der Waals surface area (Å²) >= 11 is 0. The van der Waals surface area contributed by atoms with E-state index < -0.39 is 110 Å². The predicted molar refractivity (Wildman–Crippen MR) is 543 cm³/mol. The summed E-state index contributed by atoms with van der Waals surface area (Å²) in [4.78, 5) is 137. The molecule has 1 unspecified atom stereocenters. The van der Waals surface area contributed by atoms with Gasteiger partial charge in [0.05, 0.1) is 57.0 Å². The first-order valence-corrected chi connectivity index (χ1v) is 56.0. The molecule has 0 saturated carbocycles. The topological polar surface area (TPSA) is 340 Å². The minimum absolute atomic E-state index is 0.0135. The summed E-state index contributed by atoms with van der Waals surface area (Å²) in [5.74, 6) is -10.2. The fraction of sp³-hybridized carbons (Fsp3) is 0.909. The average molecular weight is 1900 g/mol. The number of carbonyl (C=O) groups excluding carboxylic acids is 5. The maximum Gasteiger partial charge on any atom is 0.407 e. The molecule has 0 aromatic carbocycles. The molecule has 0 aromatic rings. The van der Waals surface area contributed by atoms with Gasteiger partial charge in [-0.1, -0.05) is 465 Å². The van der Waals surface area contributed by atoms with Crippen LogP contribution in [0.4, 0.5) is 4.79 Å². The van der Waals surface area contributed by atoms with E-state index in [4.69, 9.17) is 23.7 Å². The maximum atomic E-state index is 15.3. The van der Waals surface area contributed by atoms with Gasteiger partial charge in [0.2, 0.25) is 0 Å². The van der Waals surface area contributed by atoms with Gasteiger partial charge < -0.3 is 54.5 Å². The quantitative estimate of drug-likeness (QED) is 0.0187. The zero-order valence-corrected chi connectivity index (χ0v) is 86.9. The predicted octanol–water partition coefficient (Wildman–Crippen LogP) is 27.8. The SMILES string of the molecule is CCCCCCCCCCCCCC(CCCCCCCCCCCCC)C(=O)OCC(COC(=O)NCCCCOC(=O)CC(C(=O)O)N(CCN(CC(=O)O)CC(=O)O)CCN(CC(=O)O)CC(=O)O)(COC(=O)C(CCCCCCCCCCCCC)CCCCCCCCCCCCC)COC(=O)C(CCCCCCCCCCCCC)CCCCCCCCCCCCC. The van der Waals surface area contributed by atoms with E-state index in [1.165, 1.54) is 275 Å². The van der Waals surface area contributed by atoms with Gasteiger partial charge in [-0.15, -0.1) is 0 Å². The van der Waals surface area contributed by atoms with Crippen molar-refractivity contribution in [2.45, 2.75) is 529 Å². The van der Waals surface area contributed by atoms with Crippen molar-refractivity contribution < 1.29 is 97.2 Å². The van der Waals surface area contributed by atoms with Gasteiger partial charge >= 0.3 is 59.8 Å². The van der Waals surface area contributed by atoms with Crippen LogP contribution in [0.1, 0.15) is 523 Å². The Morgan fingerprint density at radius 3 is 0.672 bits per heavy atom. The van der Waals surface area contributed by atoms with Gasteiger partial charge in [-0.3, -0.25) is 57.9 Å². The number of nitrogens with zero attached hydrogens (tertiary/aromatic N) is 3. The largest absolute Gasteiger partial charge is 0.480 e. The molecule has 0 aliphatic rings. The number of nitrogens with one attached hydrogen (secondary N) is 1. The monoisotopic (exact) mass is 1900 g/mol. The summed E-state index contributed by atoms with van der Waals surface area (Å²) in [6.07, 6.45) is 80.3. The van der Waals surface area contributed by atoms with Crippen molar-refractivity contribution in [3.05, 3.63) is 0 Å². The van der Waals surface area contributed by atoms with Crippen LogP contribution in [0.15, 0.2) is 0 Å². The van der Waals surface area contributed by atoms with Crippen LogP contribution in [0.5, 0.6) is 0 Å². The molecule has 1 amide bonds. The van der Waals surface area contributed by atoms with Crippen molar-refractivity contribution in [1.29, 1.82) is 0 Å². The van der Waals surface area contributed by atoms with Crippen molar-refractivity contribution in [2.75, 3.05) is 91.9 Å². The number of hydrogen-bond donors (Lipinski definition) is 6. The standard InChI is InChI=1S/C110H206N4O20/c1-7-13-19-25-31-37-43-49-55-61-67-75-96(76-68-62-56-50-44-38-32-26-20-14-8-2)106(126)131-92-110(93-132-107(127)97(77-69-63-57-51-45-39-33-27-21-15-9-3)78-70-64-58-52-46-40-34-28-22-16-10-4,94-133-108(128)98(79-71-65-59-53-47-41-35-29-23-17-11-5)80-72-66-60-54-48-42-36-30-24-18-12-6)95-134-109(129)111-81-73-74-86-130-104(123)87-99(105(124)125)114(84-82-112(88-100(115)116)89-101(117)118)85-83-113(90-102(119)120)91-103(121)122/h96-99H,7-95H2,1-6H3,(H,111,129)(H,115,116)(H,117,118)(H,119,120)(H,121,122)(H,124,125). The minimum atomic E-state index is -1.66. The molecular formula is C110H206N4O20. The van der Waals surface area contributed by atoms with Gasteiger partial charge in [-0.25, -0.2) is 4.79 Å². The number of amides is 1. The number of carboxylic acid groups (broad SMARTS) is 5. The second-order valence-corrected chi connectivity index (χ2v) is 39.9. The van der Waals surface area contributed by atoms with Gasteiger partial charge in [0, 0.05) is 32.7 Å². The van der Waals surface area contributed by atoms with Gasteiger partial charge in [-0.2, -0.15) is 0 Å². The first kappa shape index (κ1) is 128. The Kier molecular flexibility index (Phi) is 91.0. The fourth-order valence-electron chi connectivity index (χ4n) is 18.4. The lowest BCUT2D eigenvalue weighted by atomic mass is 9.90. The molecule has 0 heterocycles. The number of alkyl carbamates (subject to hydrolysis) is 1. The lowest BCUT2D eigenvalue weighted by Gasteiger charge is -2.33. The van der Waals surface area contributed by atoms with E-state index in [1.54, 1.807) is 0 Å². The van der Waals surface area contributed by atoms with Crippen LogP contribution < -0.4 is 5.32 Å². The van der Waals surface area contributed by atoms with Crippen molar-refractivity contribution in [1.82, 2.24) is 20.0 Å². The second-order valence-electron chi connectivity index (χ2n) is 39.9. The van der Waals surface area contributed by atoms with E-state index in [0.29, 0.717) is 38.5 Å². The molecule has 0 radical (unpaired) electrons. The summed E-state index contributed by atoms with van der Waals surface area (Å²) in [7, 11) is 0. The molecule has 0 aliphatic heterocycles. The van der Waals surface area contributed by atoms with Gasteiger partial charge in [0.1, 0.15) is 37.9 Å². The Morgan fingerprint density at radius 1 is 0.254 bits per heavy atom. The molecule has 134 heavy (non-hydrogen) atoms. The highest BCUT2D eigenvalue weighted by Crippen LogP contribution is 2.31. The molecule has 0 spiro atoms. The van der Waals surface area contributed by atoms with Crippen LogP contribution in [-0.4, -0.2) is 198 Å². The number of ether oxygens (including phenoxy) is 5. The summed E-state index contributed by atoms with van der Waals surface area (Å²) in [5.41, 5.74) is -1.55. The van der Waals surface area contributed by atoms with E-state index in [0.717, 1.165) is 164 Å². The van der Waals surface area contributed by atoms with E-state index in [2.05, 4.69) is 46.9 Å². The van der Waals surface area contributed by atoms with Crippen LogP contribution in [0.2, 0.25) is 0 Å². The molecule has 0 rings (SSSR count). The molecule has 24 heteroatoms. The van der Waals surface area contributed by atoms with Crippen molar-refractivity contribution in [2.24, 2.45) is 23.2 Å². The third-order valence-electron chi connectivity index (χ3n) is 27.0. The van der Waals surface area contributed by atoms with Crippen molar-refractivity contribution in [3.63, 3.8) is 0 Å². The third-order valence-corrected chi connectivity index (χ3v) is 27.0. The third kappa shape index (κ3) is 82.3. The first-order valence-electron chi connectivity index (χ1n) is 56.0. The van der Waals surface area contributed by atoms with Gasteiger partial charge in [-0.05, 0) is 51.4 Å². The normalized spacial score (nSPS) is 12.0. The van der Waals surface area contributed by atoms with Crippen LogP contribution >= 0.6 is 0 Å². The Labute approximate surface area is 817 Å². The van der Waals surface area contributed by atoms with Crippen molar-refractivity contribution >= 4 is 59.8 Å². The number of rotatable bonds is 106. The summed E-state index contributed by atoms with van der Waals surface area (Å²) in [6, 6.07) is -1.66. The molecule has 1 atom stereocenters. The Morgan fingerprint density at radius 2 is 0.463 bits per heavy atom. The zero-order chi connectivity index (χ0) is 98.5. The highest BCUT2D eigenvalue weighted by molar-refractivity contribution is 5.81. The number of aliphatic carboxylic acids is 5. The molecule has 0 aromatic heterocycles. The van der Waals surface area contributed by atoms with Crippen LogP contribution in [0.3, 0.4) is 0 Å². The highest BCUT2D eigenvalue weighted by atomic mass is 16.6. The molecule has 0 fully saturated rings. The van der Waals surface area contributed by atoms with Crippen molar-refractivity contribution in [3.8, 4) is 0 Å². The van der Waals surface area contributed by atoms with Gasteiger partial charge in [0.15, 0.2) is 0 Å². The summed E-state index contributed by atoms with van der Waals surface area (Å²) in [5, 5.41) is 51.5. The number of carbonyl (C=O) groups is 10. The average Bonchev–Trinajstić information content (AvgIpc) is 0.833. The summed E-state index contributed by atoms with van der Waals surface area (Å²) in [6.45, 7) is 7.63. The number of unbranched alkanes of at least 4 members (excludes halogenated alkanes) is 61. The second kappa shape index (κ2) is 94.9. The van der Waals surface area contributed by atoms with E-state index in [1.807, 2.05) is 0 Å². The Hall–Kier alpha value is -5.62. The zero-order valence-electron chi connectivity index (χ0n) is 86.9. The van der Waals surface area contributed by atoms with E-state index in [9.17, 15) is 59.1 Å². The van der Waals surface area contributed by atoms with Crippen LogP contribution in [-0.2, 0) is 66.8 Å². The molecule has 0 bridgehead atoms. The van der Waals surface area contributed by atoms with Crippen LogP contribution in [0, 0.1) is 23.2 Å². The van der Waals surface area contributed by atoms with E-state index >= 15 is 14.4 Å². The molecular weight excluding hydrogens is 1700 g/mol. The molecule has 0 aliphatic carbocycles. The van der Waals surface area contributed by atoms with E-state index in [-0.39, 0.29) is 89.9 Å². The van der Waals surface area contributed by atoms with Gasteiger partial charge in [0.25, 0.3) is 0 Å². The highest BCUT2D eigenvalue weighted by Gasteiger charge is 2.41. The molecule has 0 saturated heterocycles. The number of carboxylic acids is 5.